The second-order valence-electron chi connectivity index (χ2n) is 3.49. The van der Waals surface area contributed by atoms with Crippen LogP contribution in [0.2, 0.25) is 0 Å². The summed E-state index contributed by atoms with van der Waals surface area (Å²) >= 11 is 0. The number of hydrogen-bond acceptors (Lipinski definition) is 6. The van der Waals surface area contributed by atoms with E-state index in [0.717, 1.165) is 0 Å². The van der Waals surface area contributed by atoms with Crippen LogP contribution in [0.4, 0.5) is 0 Å². The van der Waals surface area contributed by atoms with Crippen molar-refractivity contribution in [1.29, 1.82) is 0 Å². The average molecular weight is 213 g/mol. The lowest BCUT2D eigenvalue weighted by Gasteiger charge is -2.06. The summed E-state index contributed by atoms with van der Waals surface area (Å²) < 4.78 is 15.5. The second kappa shape index (κ2) is 4.69. The van der Waals surface area contributed by atoms with Gasteiger partial charge in [-0.2, -0.15) is 4.98 Å². The molecular weight excluding hydrogens is 198 g/mol. The van der Waals surface area contributed by atoms with E-state index in [0.29, 0.717) is 38.1 Å². The fourth-order valence-electron chi connectivity index (χ4n) is 1.50. The monoisotopic (exact) mass is 213 g/mol. The first kappa shape index (κ1) is 10.5. The summed E-state index contributed by atoms with van der Waals surface area (Å²) in [6.45, 7) is 4.03. The molecule has 0 spiro atoms. The van der Waals surface area contributed by atoms with Crippen molar-refractivity contribution in [3.05, 3.63) is 11.7 Å². The van der Waals surface area contributed by atoms with E-state index in [1.165, 1.54) is 0 Å². The lowest BCUT2D eigenvalue weighted by atomic mass is 10.1. The molecule has 1 aliphatic heterocycles. The Morgan fingerprint density at radius 1 is 1.53 bits per heavy atom. The van der Waals surface area contributed by atoms with Crippen LogP contribution in [0.5, 0.6) is 0 Å². The molecule has 0 aliphatic carbocycles. The van der Waals surface area contributed by atoms with Crippen molar-refractivity contribution in [2.75, 3.05) is 19.8 Å². The molecular formula is C9H15N3O3. The van der Waals surface area contributed by atoms with Crippen LogP contribution in [0, 0.1) is 0 Å². The summed E-state index contributed by atoms with van der Waals surface area (Å²) in [4.78, 5) is 4.22. The highest BCUT2D eigenvalue weighted by atomic mass is 16.5. The predicted octanol–water partition coefficient (Wildman–Crippen LogP) is 0.0472. The zero-order valence-electron chi connectivity index (χ0n) is 8.68. The van der Waals surface area contributed by atoms with E-state index in [9.17, 15) is 0 Å². The minimum Gasteiger partial charge on any atom is -0.379 e. The summed E-state index contributed by atoms with van der Waals surface area (Å²) in [5, 5.41) is 3.81. The van der Waals surface area contributed by atoms with Gasteiger partial charge in [0.1, 0.15) is 6.61 Å². The van der Waals surface area contributed by atoms with E-state index in [1.54, 1.807) is 0 Å². The molecule has 1 saturated heterocycles. The molecule has 0 aromatic carbocycles. The summed E-state index contributed by atoms with van der Waals surface area (Å²) in [5.74, 6) is 1.13. The molecule has 6 nitrogen and oxygen atoms in total. The van der Waals surface area contributed by atoms with E-state index >= 15 is 0 Å². The standard InChI is InChI=1S/C9H15N3O3/c1-2-13-5-8-11-9(15-12-8)6-3-14-4-7(6)10/h6-7H,2-5,10H2,1H3. The number of hydrogen-bond donors (Lipinski definition) is 1. The highest BCUT2D eigenvalue weighted by Gasteiger charge is 2.31. The van der Waals surface area contributed by atoms with Gasteiger partial charge in [-0.25, -0.2) is 0 Å². The first-order chi connectivity index (χ1) is 7.31. The number of nitrogens with two attached hydrogens (primary N) is 1. The van der Waals surface area contributed by atoms with Crippen molar-refractivity contribution in [1.82, 2.24) is 10.1 Å². The summed E-state index contributed by atoms with van der Waals surface area (Å²) in [6.07, 6.45) is 0. The SMILES string of the molecule is CCOCc1noc(C2COCC2N)n1. The fourth-order valence-corrected chi connectivity index (χ4v) is 1.50. The third-order valence-electron chi connectivity index (χ3n) is 2.36. The van der Waals surface area contributed by atoms with Crippen molar-refractivity contribution < 1.29 is 14.0 Å². The Morgan fingerprint density at radius 2 is 2.40 bits per heavy atom. The zero-order chi connectivity index (χ0) is 10.7. The van der Waals surface area contributed by atoms with E-state index in [-0.39, 0.29) is 12.0 Å². The molecule has 0 amide bonds. The molecule has 1 aromatic rings. The zero-order valence-corrected chi connectivity index (χ0v) is 8.68. The molecule has 84 valence electrons. The third kappa shape index (κ3) is 2.34. The number of nitrogens with zero attached hydrogens (tertiary/aromatic N) is 2. The van der Waals surface area contributed by atoms with Crippen molar-refractivity contribution in [2.24, 2.45) is 5.73 Å². The molecule has 1 aliphatic rings. The lowest BCUT2D eigenvalue weighted by Crippen LogP contribution is -2.27. The van der Waals surface area contributed by atoms with Gasteiger partial charge in [-0.3, -0.25) is 0 Å². The van der Waals surface area contributed by atoms with Crippen LogP contribution in [-0.2, 0) is 16.1 Å². The largest absolute Gasteiger partial charge is 0.379 e. The van der Waals surface area contributed by atoms with Crippen LogP contribution in [0.25, 0.3) is 0 Å². The predicted molar refractivity (Wildman–Crippen MR) is 51.2 cm³/mol. The van der Waals surface area contributed by atoms with Crippen LogP contribution in [0.1, 0.15) is 24.6 Å². The molecule has 2 heterocycles. The van der Waals surface area contributed by atoms with Crippen LogP contribution >= 0.6 is 0 Å². The lowest BCUT2D eigenvalue weighted by molar-refractivity contribution is 0.126. The Hall–Kier alpha value is -0.980. The van der Waals surface area contributed by atoms with Gasteiger partial charge in [0.25, 0.3) is 0 Å². The van der Waals surface area contributed by atoms with Crippen molar-refractivity contribution in [3.63, 3.8) is 0 Å². The maximum Gasteiger partial charge on any atom is 0.233 e. The van der Waals surface area contributed by atoms with E-state index in [4.69, 9.17) is 19.7 Å². The van der Waals surface area contributed by atoms with Crippen LogP contribution in [-0.4, -0.2) is 36.0 Å². The normalized spacial score (nSPS) is 26.0. The van der Waals surface area contributed by atoms with E-state index < -0.39 is 0 Å². The molecule has 2 N–H and O–H groups in total. The Kier molecular flexibility index (Phi) is 3.30. The number of rotatable bonds is 4. The van der Waals surface area contributed by atoms with Crippen LogP contribution < -0.4 is 5.73 Å². The van der Waals surface area contributed by atoms with Crippen molar-refractivity contribution >= 4 is 0 Å². The van der Waals surface area contributed by atoms with Crippen LogP contribution in [0.3, 0.4) is 0 Å². The Labute approximate surface area is 87.7 Å². The highest BCUT2D eigenvalue weighted by molar-refractivity contribution is 5.01. The maximum atomic E-state index is 5.84. The molecule has 2 atom stereocenters. The summed E-state index contributed by atoms with van der Waals surface area (Å²) in [6, 6.07) is -0.0506. The Balaban J connectivity index is 1.99. The number of ether oxygens (including phenoxy) is 2. The van der Waals surface area contributed by atoms with Gasteiger partial charge in [0.05, 0.1) is 19.1 Å². The summed E-state index contributed by atoms with van der Waals surface area (Å²) in [5.41, 5.74) is 5.84. The molecule has 1 aromatic heterocycles. The van der Waals surface area contributed by atoms with Gasteiger partial charge in [-0.1, -0.05) is 5.16 Å². The smallest absolute Gasteiger partial charge is 0.233 e. The van der Waals surface area contributed by atoms with Crippen LogP contribution in [0.15, 0.2) is 4.52 Å². The molecule has 1 fully saturated rings. The van der Waals surface area contributed by atoms with Gasteiger partial charge in [-0.05, 0) is 6.92 Å². The van der Waals surface area contributed by atoms with Gasteiger partial charge < -0.3 is 19.7 Å². The average Bonchev–Trinajstić information content (AvgIpc) is 2.83. The van der Waals surface area contributed by atoms with Crippen molar-refractivity contribution in [2.45, 2.75) is 25.5 Å². The second-order valence-corrected chi connectivity index (χ2v) is 3.49. The molecule has 2 rings (SSSR count). The Bertz CT molecular complexity index is 315. The Morgan fingerprint density at radius 3 is 3.07 bits per heavy atom. The quantitative estimate of drug-likeness (QED) is 0.760. The first-order valence-electron chi connectivity index (χ1n) is 5.04. The molecule has 0 radical (unpaired) electrons. The molecule has 15 heavy (non-hydrogen) atoms. The summed E-state index contributed by atoms with van der Waals surface area (Å²) in [7, 11) is 0. The van der Waals surface area contributed by atoms with Crippen molar-refractivity contribution in [3.8, 4) is 0 Å². The first-order valence-corrected chi connectivity index (χ1v) is 5.04. The van der Waals surface area contributed by atoms with Gasteiger partial charge in [0, 0.05) is 12.6 Å². The molecule has 0 saturated carbocycles. The maximum absolute atomic E-state index is 5.84. The third-order valence-corrected chi connectivity index (χ3v) is 2.36. The van der Waals surface area contributed by atoms with Gasteiger partial charge in [0.2, 0.25) is 5.89 Å². The van der Waals surface area contributed by atoms with Gasteiger partial charge in [-0.15, -0.1) is 0 Å². The highest BCUT2D eigenvalue weighted by Crippen LogP contribution is 2.22. The fraction of sp³-hybridized carbons (Fsp3) is 0.778. The minimum atomic E-state index is -0.0506. The minimum absolute atomic E-state index is 0.0212. The van der Waals surface area contributed by atoms with E-state index in [1.807, 2.05) is 6.92 Å². The topological polar surface area (TPSA) is 83.4 Å². The molecule has 6 heteroatoms. The van der Waals surface area contributed by atoms with Gasteiger partial charge >= 0.3 is 0 Å². The molecule has 2 unspecified atom stereocenters. The van der Waals surface area contributed by atoms with Gasteiger partial charge in [0.15, 0.2) is 5.82 Å². The molecule has 0 bridgehead atoms. The number of aromatic nitrogens is 2. The van der Waals surface area contributed by atoms with E-state index in [2.05, 4.69) is 10.1 Å².